The molecule has 0 fully saturated rings. The van der Waals surface area contributed by atoms with Crippen LogP contribution in [-0.4, -0.2) is 17.6 Å². The van der Waals surface area contributed by atoms with Crippen molar-refractivity contribution >= 4 is 10.0 Å². The van der Waals surface area contributed by atoms with E-state index in [1.807, 2.05) is 25.1 Å². The molecule has 4 aromatic rings. The molecule has 4 rings (SSSR count). The van der Waals surface area contributed by atoms with Gasteiger partial charge in [-0.15, -0.1) is 0 Å². The summed E-state index contributed by atoms with van der Waals surface area (Å²) in [7, 11) is -3.95. The SMILES string of the molecule is Cc1ccc(S(=O)(=O)n2nc(-c3ccccc3F)cc2-c2ccccc2)cc1. The Hall–Kier alpha value is -3.25. The van der Waals surface area contributed by atoms with E-state index in [-0.39, 0.29) is 16.2 Å². The molecule has 1 aromatic heterocycles. The number of benzene rings is 3. The molecule has 0 aliphatic heterocycles. The Morgan fingerprint density at radius 2 is 1.50 bits per heavy atom. The summed E-state index contributed by atoms with van der Waals surface area (Å²) in [4.78, 5) is 0.124. The summed E-state index contributed by atoms with van der Waals surface area (Å²) >= 11 is 0. The third-order valence-electron chi connectivity index (χ3n) is 4.44. The highest BCUT2D eigenvalue weighted by Gasteiger charge is 2.24. The van der Waals surface area contributed by atoms with Crippen LogP contribution in [0.2, 0.25) is 0 Å². The van der Waals surface area contributed by atoms with Gasteiger partial charge < -0.3 is 0 Å². The summed E-state index contributed by atoms with van der Waals surface area (Å²) in [5.41, 5.74) is 2.51. The summed E-state index contributed by atoms with van der Waals surface area (Å²) in [6.07, 6.45) is 0. The van der Waals surface area contributed by atoms with E-state index < -0.39 is 15.8 Å². The van der Waals surface area contributed by atoms with Crippen LogP contribution in [0.1, 0.15) is 5.56 Å². The highest BCUT2D eigenvalue weighted by Crippen LogP contribution is 2.30. The first-order chi connectivity index (χ1) is 13.5. The minimum atomic E-state index is -3.95. The molecule has 0 bridgehead atoms. The summed E-state index contributed by atoms with van der Waals surface area (Å²) < 4.78 is 41.8. The Balaban J connectivity index is 1.95. The first-order valence-corrected chi connectivity index (χ1v) is 10.1. The van der Waals surface area contributed by atoms with Crippen molar-refractivity contribution in [2.45, 2.75) is 11.8 Å². The fraction of sp³-hybridized carbons (Fsp3) is 0.0455. The van der Waals surface area contributed by atoms with Crippen molar-refractivity contribution in [1.82, 2.24) is 9.19 Å². The third-order valence-corrected chi connectivity index (χ3v) is 6.05. The van der Waals surface area contributed by atoms with Gasteiger partial charge in [0.25, 0.3) is 10.0 Å². The van der Waals surface area contributed by atoms with Gasteiger partial charge >= 0.3 is 0 Å². The van der Waals surface area contributed by atoms with E-state index in [1.165, 1.54) is 6.07 Å². The van der Waals surface area contributed by atoms with Gasteiger partial charge in [-0.3, -0.25) is 0 Å². The second-order valence-corrected chi connectivity index (χ2v) is 8.19. The molecule has 0 amide bonds. The fourth-order valence-electron chi connectivity index (χ4n) is 2.96. The van der Waals surface area contributed by atoms with E-state index in [1.54, 1.807) is 60.7 Å². The highest BCUT2D eigenvalue weighted by molar-refractivity contribution is 7.90. The topological polar surface area (TPSA) is 52.0 Å². The molecule has 140 valence electrons. The van der Waals surface area contributed by atoms with Crippen molar-refractivity contribution < 1.29 is 12.8 Å². The van der Waals surface area contributed by atoms with Crippen molar-refractivity contribution in [3.63, 3.8) is 0 Å². The molecular formula is C22H17FN2O2S. The molecule has 1 heterocycles. The predicted octanol–water partition coefficient (Wildman–Crippen LogP) is 4.90. The van der Waals surface area contributed by atoms with Gasteiger partial charge in [0.2, 0.25) is 0 Å². The molecule has 0 saturated heterocycles. The van der Waals surface area contributed by atoms with Crippen LogP contribution < -0.4 is 0 Å². The minimum Gasteiger partial charge on any atom is -0.206 e. The Bertz CT molecular complexity index is 1230. The summed E-state index contributed by atoms with van der Waals surface area (Å²) in [5, 5.41) is 4.28. The van der Waals surface area contributed by atoms with Crippen molar-refractivity contribution in [2.75, 3.05) is 0 Å². The van der Waals surface area contributed by atoms with E-state index in [0.29, 0.717) is 11.3 Å². The van der Waals surface area contributed by atoms with Gasteiger partial charge in [0.05, 0.1) is 16.3 Å². The van der Waals surface area contributed by atoms with Crippen LogP contribution in [0.15, 0.2) is 89.8 Å². The highest BCUT2D eigenvalue weighted by atomic mass is 32.2. The summed E-state index contributed by atoms with van der Waals surface area (Å²) in [6, 6.07) is 23.4. The van der Waals surface area contributed by atoms with Crippen molar-refractivity contribution in [3.8, 4) is 22.5 Å². The zero-order chi connectivity index (χ0) is 19.7. The van der Waals surface area contributed by atoms with Crippen LogP contribution >= 0.6 is 0 Å². The summed E-state index contributed by atoms with van der Waals surface area (Å²) in [5.74, 6) is -0.459. The lowest BCUT2D eigenvalue weighted by atomic mass is 10.1. The van der Waals surface area contributed by atoms with Crippen LogP contribution in [-0.2, 0) is 10.0 Å². The molecule has 0 aliphatic carbocycles. The molecule has 0 unspecified atom stereocenters. The Morgan fingerprint density at radius 3 is 2.18 bits per heavy atom. The zero-order valence-electron chi connectivity index (χ0n) is 15.1. The molecule has 3 aromatic carbocycles. The number of hydrogen-bond acceptors (Lipinski definition) is 3. The number of aromatic nitrogens is 2. The molecule has 0 saturated carbocycles. The molecule has 0 N–H and O–H groups in total. The average Bonchev–Trinajstić information content (AvgIpc) is 3.15. The van der Waals surface area contributed by atoms with Crippen molar-refractivity contribution in [2.24, 2.45) is 0 Å². The maximum Gasteiger partial charge on any atom is 0.283 e. The van der Waals surface area contributed by atoms with Gasteiger partial charge in [-0.2, -0.15) is 17.6 Å². The zero-order valence-corrected chi connectivity index (χ0v) is 15.9. The third kappa shape index (κ3) is 3.23. The van der Waals surface area contributed by atoms with Crippen LogP contribution in [0.4, 0.5) is 4.39 Å². The first kappa shape index (κ1) is 18.1. The van der Waals surface area contributed by atoms with Gasteiger partial charge in [0.1, 0.15) is 5.82 Å². The Kier molecular flexibility index (Phi) is 4.57. The molecule has 0 aliphatic rings. The van der Waals surface area contributed by atoms with Gasteiger partial charge in [0, 0.05) is 11.1 Å². The maximum atomic E-state index is 14.3. The second kappa shape index (κ2) is 7.05. The standard InChI is InChI=1S/C22H17FN2O2S/c1-16-11-13-18(14-12-16)28(26,27)25-22(17-7-3-2-4-8-17)15-21(24-25)19-9-5-6-10-20(19)23/h2-15H,1H3. The molecular weight excluding hydrogens is 375 g/mol. The molecule has 0 radical (unpaired) electrons. The number of aryl methyl sites for hydroxylation is 1. The van der Waals surface area contributed by atoms with Crippen LogP contribution in [0.3, 0.4) is 0 Å². The quantitative estimate of drug-likeness (QED) is 0.496. The predicted molar refractivity (Wildman–Crippen MR) is 107 cm³/mol. The minimum absolute atomic E-state index is 0.124. The van der Waals surface area contributed by atoms with Gasteiger partial charge in [-0.05, 0) is 37.3 Å². The van der Waals surface area contributed by atoms with E-state index in [9.17, 15) is 12.8 Å². The Morgan fingerprint density at radius 1 is 0.857 bits per heavy atom. The number of halogens is 1. The summed E-state index contributed by atoms with van der Waals surface area (Å²) in [6.45, 7) is 1.88. The fourth-order valence-corrected chi connectivity index (χ4v) is 4.25. The van der Waals surface area contributed by atoms with Crippen LogP contribution in [0.5, 0.6) is 0 Å². The van der Waals surface area contributed by atoms with E-state index in [4.69, 9.17) is 0 Å². The number of rotatable bonds is 4. The van der Waals surface area contributed by atoms with Crippen molar-refractivity contribution in [1.29, 1.82) is 0 Å². The maximum absolute atomic E-state index is 14.3. The first-order valence-electron chi connectivity index (χ1n) is 8.69. The van der Waals surface area contributed by atoms with E-state index in [2.05, 4.69) is 5.10 Å². The molecule has 0 spiro atoms. The molecule has 28 heavy (non-hydrogen) atoms. The van der Waals surface area contributed by atoms with Crippen LogP contribution in [0.25, 0.3) is 22.5 Å². The largest absolute Gasteiger partial charge is 0.283 e. The van der Waals surface area contributed by atoms with Crippen LogP contribution in [0, 0.1) is 12.7 Å². The second-order valence-electron chi connectivity index (χ2n) is 6.42. The van der Waals surface area contributed by atoms with Gasteiger partial charge in [-0.1, -0.05) is 60.2 Å². The van der Waals surface area contributed by atoms with E-state index >= 15 is 0 Å². The lowest BCUT2D eigenvalue weighted by Gasteiger charge is -2.09. The van der Waals surface area contributed by atoms with Gasteiger partial charge in [-0.25, -0.2) is 4.39 Å². The molecule has 6 heteroatoms. The Labute approximate surface area is 163 Å². The molecule has 0 atom stereocenters. The van der Waals surface area contributed by atoms with Crippen molar-refractivity contribution in [3.05, 3.63) is 96.3 Å². The number of nitrogens with zero attached hydrogens (tertiary/aromatic N) is 2. The van der Waals surface area contributed by atoms with E-state index in [0.717, 1.165) is 9.65 Å². The molecule has 4 nitrogen and oxygen atoms in total. The lowest BCUT2D eigenvalue weighted by Crippen LogP contribution is -2.16. The number of hydrogen-bond donors (Lipinski definition) is 0. The lowest BCUT2D eigenvalue weighted by molar-refractivity contribution is 0.580. The smallest absolute Gasteiger partial charge is 0.206 e. The average molecular weight is 392 g/mol. The van der Waals surface area contributed by atoms with Gasteiger partial charge in [0.15, 0.2) is 0 Å². The monoisotopic (exact) mass is 392 g/mol. The normalized spacial score (nSPS) is 11.5.